The van der Waals surface area contributed by atoms with Crippen molar-refractivity contribution < 1.29 is 45.2 Å². The fraction of sp³-hybridized carbons (Fsp3) is 0.500. The van der Waals surface area contributed by atoms with Crippen LogP contribution in [-0.2, 0) is 27.0 Å². The van der Waals surface area contributed by atoms with Crippen molar-refractivity contribution in [2.45, 2.75) is 85.6 Å². The predicted octanol–water partition coefficient (Wildman–Crippen LogP) is 2.61. The van der Waals surface area contributed by atoms with E-state index in [4.69, 9.17) is 0 Å². The first kappa shape index (κ1) is 39.4. The van der Waals surface area contributed by atoms with Crippen LogP contribution in [0.4, 0.5) is 11.4 Å². The van der Waals surface area contributed by atoms with Crippen LogP contribution < -0.4 is 35.4 Å². The molecule has 0 saturated carbocycles. The van der Waals surface area contributed by atoms with E-state index in [1.165, 1.54) is 33.6 Å². The zero-order valence-electron chi connectivity index (χ0n) is 26.1. The molecule has 2 aromatic carbocycles. The van der Waals surface area contributed by atoms with Crippen molar-refractivity contribution >= 4 is 11.4 Å². The number of halogens is 2. The molecular formula is C34H50Cl2N4Re-2. The Morgan fingerprint density at radius 2 is 0.976 bits per heavy atom. The van der Waals surface area contributed by atoms with Crippen LogP contribution in [0.3, 0.4) is 0 Å². The summed E-state index contributed by atoms with van der Waals surface area (Å²) in [5.74, 6) is 1.95. The van der Waals surface area contributed by atoms with Crippen LogP contribution in [0, 0.1) is 0 Å². The number of hydrogen-bond donors (Lipinski definition) is 2. The van der Waals surface area contributed by atoms with Gasteiger partial charge in [0.2, 0.25) is 0 Å². The number of aromatic nitrogens is 1. The molecule has 2 N–H and O–H groups in total. The molecular weight excluding hydrogens is 722 g/mol. The number of anilines is 2. The smallest absolute Gasteiger partial charge is 0.0543 e. The summed E-state index contributed by atoms with van der Waals surface area (Å²) in [6, 6.07) is 19.7. The third-order valence-electron chi connectivity index (χ3n) is 7.32. The molecule has 0 spiro atoms. The van der Waals surface area contributed by atoms with Crippen LogP contribution in [0.15, 0.2) is 60.8 Å². The van der Waals surface area contributed by atoms with E-state index >= 15 is 0 Å². The number of benzene rings is 2. The van der Waals surface area contributed by atoms with Gasteiger partial charge in [-0.15, -0.1) is 0 Å². The number of nitrogens with one attached hydrogen (secondary N) is 2. The molecule has 3 aromatic rings. The molecule has 0 aliphatic carbocycles. The molecule has 229 valence electrons. The molecule has 0 atom stereocenters. The normalized spacial score (nSPS) is 11.0. The summed E-state index contributed by atoms with van der Waals surface area (Å²) in [6.45, 7) is 22.8. The Morgan fingerprint density at radius 3 is 1.29 bits per heavy atom. The van der Waals surface area contributed by atoms with Crippen LogP contribution >= 0.6 is 0 Å². The van der Waals surface area contributed by atoms with Crippen molar-refractivity contribution in [3.63, 3.8) is 0 Å². The van der Waals surface area contributed by atoms with Gasteiger partial charge in [-0.3, -0.25) is 9.88 Å². The van der Waals surface area contributed by atoms with E-state index in [1.54, 1.807) is 0 Å². The fourth-order valence-corrected chi connectivity index (χ4v) is 5.18. The van der Waals surface area contributed by atoms with Gasteiger partial charge >= 0.3 is 0 Å². The maximum absolute atomic E-state index is 4.62. The van der Waals surface area contributed by atoms with Gasteiger partial charge in [-0.25, -0.2) is 0 Å². The van der Waals surface area contributed by atoms with E-state index < -0.39 is 0 Å². The second-order valence-corrected chi connectivity index (χ2v) is 11.7. The summed E-state index contributed by atoms with van der Waals surface area (Å²) >= 11 is 0. The average molecular weight is 772 g/mol. The Labute approximate surface area is 276 Å². The van der Waals surface area contributed by atoms with Gasteiger partial charge in [0.1, 0.15) is 0 Å². The van der Waals surface area contributed by atoms with E-state index in [2.05, 4.69) is 124 Å². The summed E-state index contributed by atoms with van der Waals surface area (Å²) in [5.41, 5.74) is 9.37. The maximum atomic E-state index is 4.62. The zero-order chi connectivity index (χ0) is 27.7. The zero-order valence-corrected chi connectivity index (χ0v) is 30.4. The molecule has 0 saturated heterocycles. The summed E-state index contributed by atoms with van der Waals surface area (Å²) in [7, 11) is 0. The average Bonchev–Trinajstić information content (AvgIpc) is 2.88. The molecule has 0 aliphatic rings. The van der Waals surface area contributed by atoms with Crippen LogP contribution in [0.1, 0.15) is 107 Å². The summed E-state index contributed by atoms with van der Waals surface area (Å²) < 4.78 is 0. The SMILES string of the molecule is CC(C)c1cccc(C(C)C)c1NCCN(CCNc1c(C(C)C)cccc1C(C)C)Cc1ccccn1.[Cl-].[Cl-].[Re]. The molecule has 0 fully saturated rings. The molecule has 0 aliphatic heterocycles. The van der Waals surface area contributed by atoms with Gasteiger partial charge < -0.3 is 35.4 Å². The van der Waals surface area contributed by atoms with Gasteiger partial charge in [0.25, 0.3) is 0 Å². The molecule has 1 aromatic heterocycles. The van der Waals surface area contributed by atoms with Gasteiger partial charge in [0, 0.05) is 70.7 Å². The van der Waals surface area contributed by atoms with Gasteiger partial charge in [-0.05, 0) is 58.1 Å². The standard InChI is InChI=1S/C34H50N4.2ClH.Re/c1-24(2)29-14-11-15-30(25(3)4)33(29)36-19-21-38(23-28-13-9-10-18-35-28)22-20-37-34-31(26(5)6)16-12-17-32(34)27(7)8;;;/h9-18,24-27,36-37H,19-23H2,1-8H3;2*1H;/p-2. The molecule has 1 radical (unpaired) electrons. The molecule has 7 heteroatoms. The quantitative estimate of drug-likeness (QED) is 0.265. The van der Waals surface area contributed by atoms with Crippen molar-refractivity contribution in [2.24, 2.45) is 0 Å². The number of rotatable bonds is 14. The molecule has 1 heterocycles. The second-order valence-electron chi connectivity index (χ2n) is 11.7. The van der Waals surface area contributed by atoms with E-state index in [9.17, 15) is 0 Å². The van der Waals surface area contributed by atoms with Crippen molar-refractivity contribution in [1.29, 1.82) is 0 Å². The van der Waals surface area contributed by atoms with Crippen molar-refractivity contribution in [3.8, 4) is 0 Å². The molecule has 4 nitrogen and oxygen atoms in total. The van der Waals surface area contributed by atoms with Gasteiger partial charge in [0.05, 0.1) is 5.69 Å². The second kappa shape index (κ2) is 19.6. The minimum atomic E-state index is 0. The summed E-state index contributed by atoms with van der Waals surface area (Å²) in [4.78, 5) is 7.13. The topological polar surface area (TPSA) is 40.2 Å². The van der Waals surface area contributed by atoms with Crippen LogP contribution in [0.5, 0.6) is 0 Å². The van der Waals surface area contributed by atoms with E-state index in [1.807, 2.05) is 12.3 Å². The van der Waals surface area contributed by atoms with Gasteiger partial charge in [-0.1, -0.05) is 97.9 Å². The third kappa shape index (κ3) is 11.5. The fourth-order valence-electron chi connectivity index (χ4n) is 5.18. The number of nitrogens with zero attached hydrogens (tertiary/aromatic N) is 2. The van der Waals surface area contributed by atoms with Crippen LogP contribution in [0.2, 0.25) is 0 Å². The Morgan fingerprint density at radius 1 is 0.585 bits per heavy atom. The molecule has 3 rings (SSSR count). The predicted molar refractivity (Wildman–Crippen MR) is 166 cm³/mol. The van der Waals surface area contributed by atoms with Crippen LogP contribution in [0.25, 0.3) is 0 Å². The minimum Gasteiger partial charge on any atom is -1.00 e. The molecule has 0 unspecified atom stereocenters. The molecule has 0 amide bonds. The van der Waals surface area contributed by atoms with E-state index in [0.717, 1.165) is 38.4 Å². The maximum Gasteiger partial charge on any atom is 0.0543 e. The van der Waals surface area contributed by atoms with Crippen molar-refractivity contribution in [1.82, 2.24) is 9.88 Å². The van der Waals surface area contributed by atoms with E-state index in [-0.39, 0.29) is 45.2 Å². The molecule has 41 heavy (non-hydrogen) atoms. The van der Waals surface area contributed by atoms with Gasteiger partial charge in [-0.2, -0.15) is 0 Å². The monoisotopic (exact) mass is 771 g/mol. The molecule has 0 bridgehead atoms. The first-order chi connectivity index (χ1) is 18.2. The minimum absolute atomic E-state index is 0. The van der Waals surface area contributed by atoms with Gasteiger partial charge in [0.15, 0.2) is 0 Å². The number of para-hydroxylation sites is 2. The first-order valence-corrected chi connectivity index (χ1v) is 14.5. The summed E-state index contributed by atoms with van der Waals surface area (Å²) in [6.07, 6.45) is 1.89. The third-order valence-corrected chi connectivity index (χ3v) is 7.32. The Hall–Kier alpha value is -1.61. The summed E-state index contributed by atoms with van der Waals surface area (Å²) in [5, 5.41) is 7.67. The van der Waals surface area contributed by atoms with Crippen LogP contribution in [-0.4, -0.2) is 36.1 Å². The van der Waals surface area contributed by atoms with Crippen molar-refractivity contribution in [3.05, 3.63) is 88.7 Å². The number of pyridine rings is 1. The Balaban J connectivity index is 0.00000533. The Bertz CT molecular complexity index is 1010. The van der Waals surface area contributed by atoms with E-state index in [0.29, 0.717) is 23.7 Å². The Kier molecular flexibility index (Phi) is 18.8. The van der Waals surface area contributed by atoms with Crippen molar-refractivity contribution in [2.75, 3.05) is 36.8 Å². The first-order valence-electron chi connectivity index (χ1n) is 14.5. The largest absolute Gasteiger partial charge is 1.00 e. The number of hydrogen-bond acceptors (Lipinski definition) is 4.